The maximum atomic E-state index is 8.86. The molecule has 3 rings (SSSR count). The van der Waals surface area contributed by atoms with Crippen molar-refractivity contribution in [2.45, 2.75) is 26.6 Å². The summed E-state index contributed by atoms with van der Waals surface area (Å²) in [5.41, 5.74) is 2.14. The second-order valence-corrected chi connectivity index (χ2v) is 6.54. The predicted octanol–water partition coefficient (Wildman–Crippen LogP) is 3.72. The van der Waals surface area contributed by atoms with E-state index in [1.165, 1.54) is 5.56 Å². The minimum absolute atomic E-state index is 0.489. The smallest absolute Gasteiger partial charge is 0.199 e. The number of nitrogens with zero attached hydrogens (tertiary/aromatic N) is 6. The van der Waals surface area contributed by atoms with Gasteiger partial charge in [-0.2, -0.15) is 10.4 Å². The number of aromatic nitrogens is 4. The van der Waals surface area contributed by atoms with E-state index in [1.807, 2.05) is 35.0 Å². The van der Waals surface area contributed by atoms with Crippen LogP contribution in [-0.2, 0) is 13.2 Å². The van der Waals surface area contributed by atoms with Crippen molar-refractivity contribution >= 4 is 12.2 Å². The van der Waals surface area contributed by atoms with E-state index in [0.717, 1.165) is 17.9 Å². The third-order valence-electron chi connectivity index (χ3n) is 4.37. The van der Waals surface area contributed by atoms with Gasteiger partial charge < -0.3 is 0 Å². The Morgan fingerprint density at radius 1 is 1.15 bits per heavy atom. The molecule has 0 saturated heterocycles. The van der Waals surface area contributed by atoms with Crippen molar-refractivity contribution in [1.82, 2.24) is 24.2 Å². The molecule has 27 heavy (non-hydrogen) atoms. The molecule has 0 radical (unpaired) electrons. The van der Waals surface area contributed by atoms with Crippen LogP contribution < -0.4 is 0 Å². The fourth-order valence-corrected chi connectivity index (χ4v) is 3.13. The molecule has 0 atom stereocenters. The molecule has 0 aliphatic carbocycles. The molecular formula is C20H22N6S. The van der Waals surface area contributed by atoms with Gasteiger partial charge >= 0.3 is 0 Å². The Balaban J connectivity index is 1.98. The van der Waals surface area contributed by atoms with Gasteiger partial charge in [-0.05, 0) is 36.5 Å². The number of hydrogen-bond acceptors (Lipinski definition) is 5. The van der Waals surface area contributed by atoms with E-state index in [0.29, 0.717) is 31.0 Å². The van der Waals surface area contributed by atoms with E-state index < -0.39 is 0 Å². The van der Waals surface area contributed by atoms with Crippen LogP contribution in [-0.4, -0.2) is 37.3 Å². The molecule has 3 aromatic rings. The first kappa shape index (κ1) is 19.0. The van der Waals surface area contributed by atoms with E-state index >= 15 is 0 Å². The van der Waals surface area contributed by atoms with Gasteiger partial charge in [0, 0.05) is 30.9 Å². The monoisotopic (exact) mass is 378 g/mol. The minimum Gasteiger partial charge on any atom is -0.295 e. The average Bonchev–Trinajstić information content (AvgIpc) is 3.02. The third kappa shape index (κ3) is 4.67. The van der Waals surface area contributed by atoms with Crippen molar-refractivity contribution in [3.63, 3.8) is 0 Å². The van der Waals surface area contributed by atoms with Crippen LogP contribution in [0.3, 0.4) is 0 Å². The molecule has 0 aliphatic rings. The van der Waals surface area contributed by atoms with E-state index in [9.17, 15) is 0 Å². The van der Waals surface area contributed by atoms with Crippen molar-refractivity contribution in [2.75, 3.05) is 13.1 Å². The molecule has 6 nitrogen and oxygen atoms in total. The van der Waals surface area contributed by atoms with E-state index in [1.54, 1.807) is 12.4 Å². The Morgan fingerprint density at radius 2 is 1.89 bits per heavy atom. The summed E-state index contributed by atoms with van der Waals surface area (Å²) >= 11 is 5.75. The lowest BCUT2D eigenvalue weighted by atomic mass is 10.2. The number of hydrogen-bond donors (Lipinski definition) is 0. The minimum atomic E-state index is 0.489. The lowest BCUT2D eigenvalue weighted by Gasteiger charge is -2.18. The lowest BCUT2D eigenvalue weighted by Crippen LogP contribution is -2.28. The Hall–Kier alpha value is -2.82. The van der Waals surface area contributed by atoms with Crippen LogP contribution in [0.15, 0.2) is 54.9 Å². The molecule has 0 bridgehead atoms. The molecule has 0 spiro atoms. The Bertz CT molecular complexity index is 956. The van der Waals surface area contributed by atoms with Gasteiger partial charge in [0.05, 0.1) is 19.3 Å². The van der Waals surface area contributed by atoms with Crippen molar-refractivity contribution in [1.29, 1.82) is 5.26 Å². The molecule has 0 aliphatic heterocycles. The van der Waals surface area contributed by atoms with Gasteiger partial charge in [0.15, 0.2) is 10.6 Å². The second kappa shape index (κ2) is 9.21. The highest BCUT2D eigenvalue weighted by Gasteiger charge is 2.15. The number of benzene rings is 1. The lowest BCUT2D eigenvalue weighted by molar-refractivity contribution is 0.220. The summed E-state index contributed by atoms with van der Waals surface area (Å²) in [6.45, 7) is 4.83. The Labute approximate surface area is 164 Å². The van der Waals surface area contributed by atoms with Crippen LogP contribution in [0.25, 0.3) is 11.4 Å². The first-order chi connectivity index (χ1) is 13.2. The predicted molar refractivity (Wildman–Crippen MR) is 107 cm³/mol. The topological polar surface area (TPSA) is 62.7 Å². The van der Waals surface area contributed by atoms with Gasteiger partial charge in [0.1, 0.15) is 0 Å². The van der Waals surface area contributed by atoms with Crippen molar-refractivity contribution in [2.24, 2.45) is 0 Å². The van der Waals surface area contributed by atoms with Gasteiger partial charge in [-0.15, -0.1) is 0 Å². The first-order valence-corrected chi connectivity index (χ1v) is 9.35. The highest BCUT2D eigenvalue weighted by molar-refractivity contribution is 7.71. The van der Waals surface area contributed by atoms with Gasteiger partial charge in [-0.25, -0.2) is 4.68 Å². The third-order valence-corrected chi connectivity index (χ3v) is 4.80. The summed E-state index contributed by atoms with van der Waals surface area (Å²) in [6.07, 6.45) is 4.01. The zero-order valence-corrected chi connectivity index (χ0v) is 16.1. The number of pyridine rings is 1. The van der Waals surface area contributed by atoms with Crippen molar-refractivity contribution < 1.29 is 0 Å². The summed E-state index contributed by atoms with van der Waals surface area (Å²) in [5, 5.41) is 13.7. The summed E-state index contributed by atoms with van der Waals surface area (Å²) in [7, 11) is 0. The van der Waals surface area contributed by atoms with Crippen LogP contribution >= 0.6 is 12.2 Å². The Kier molecular flexibility index (Phi) is 6.47. The summed E-state index contributed by atoms with van der Waals surface area (Å²) in [6, 6.07) is 16.3. The number of nitriles is 1. The summed E-state index contributed by atoms with van der Waals surface area (Å²) < 4.78 is 4.56. The quantitative estimate of drug-likeness (QED) is 0.559. The molecule has 7 heteroatoms. The highest BCUT2D eigenvalue weighted by Crippen LogP contribution is 2.19. The maximum Gasteiger partial charge on any atom is 0.199 e. The van der Waals surface area contributed by atoms with Gasteiger partial charge in [-0.1, -0.05) is 37.3 Å². The second-order valence-electron chi connectivity index (χ2n) is 6.17. The molecule has 138 valence electrons. The van der Waals surface area contributed by atoms with Crippen LogP contribution in [0.2, 0.25) is 0 Å². The van der Waals surface area contributed by atoms with E-state index in [-0.39, 0.29) is 0 Å². The molecule has 1 aromatic carbocycles. The molecule has 0 unspecified atom stereocenters. The van der Waals surface area contributed by atoms with E-state index in [2.05, 4.69) is 39.6 Å². The molecule has 2 heterocycles. The molecular weight excluding hydrogens is 356 g/mol. The molecule has 0 N–H and O–H groups in total. The highest BCUT2D eigenvalue weighted by atomic mass is 32.1. The van der Waals surface area contributed by atoms with Crippen LogP contribution in [0, 0.1) is 16.1 Å². The standard InChI is InChI=1S/C20H22N6S/c1-2-24(14-6-11-21)16-26-20(27)25(15-17-7-4-3-5-8-17)19(23-26)18-9-12-22-13-10-18/h3-5,7-10,12-13H,2,6,14-16H2,1H3. The van der Waals surface area contributed by atoms with Crippen molar-refractivity contribution in [3.05, 3.63) is 65.2 Å². The van der Waals surface area contributed by atoms with Gasteiger partial charge in [-0.3, -0.25) is 14.5 Å². The zero-order chi connectivity index (χ0) is 19.1. The van der Waals surface area contributed by atoms with Gasteiger partial charge in [0.25, 0.3) is 0 Å². The van der Waals surface area contributed by atoms with Crippen LogP contribution in [0.4, 0.5) is 0 Å². The normalized spacial score (nSPS) is 10.9. The van der Waals surface area contributed by atoms with Crippen LogP contribution in [0.5, 0.6) is 0 Å². The maximum absolute atomic E-state index is 8.86. The number of rotatable bonds is 8. The fourth-order valence-electron chi connectivity index (χ4n) is 2.88. The average molecular weight is 379 g/mol. The first-order valence-electron chi connectivity index (χ1n) is 8.94. The Morgan fingerprint density at radius 3 is 2.56 bits per heavy atom. The zero-order valence-electron chi connectivity index (χ0n) is 15.3. The van der Waals surface area contributed by atoms with Gasteiger partial charge in [0.2, 0.25) is 0 Å². The molecule has 0 amide bonds. The van der Waals surface area contributed by atoms with Crippen LogP contribution in [0.1, 0.15) is 18.9 Å². The molecule has 0 fully saturated rings. The SMILES string of the molecule is CCN(CCC#N)Cn1nc(-c2ccncc2)n(Cc2ccccc2)c1=S. The largest absolute Gasteiger partial charge is 0.295 e. The summed E-state index contributed by atoms with van der Waals surface area (Å²) in [4.78, 5) is 6.26. The van der Waals surface area contributed by atoms with Crippen molar-refractivity contribution in [3.8, 4) is 17.5 Å². The molecule has 0 saturated carbocycles. The molecule has 2 aromatic heterocycles. The summed E-state index contributed by atoms with van der Waals surface area (Å²) in [5.74, 6) is 0.822. The fraction of sp³-hybridized carbons (Fsp3) is 0.300. The van der Waals surface area contributed by atoms with E-state index in [4.69, 9.17) is 22.6 Å².